The van der Waals surface area contributed by atoms with E-state index in [1.807, 2.05) is 60.7 Å². The van der Waals surface area contributed by atoms with E-state index in [-0.39, 0.29) is 11.8 Å². The molecule has 2 aliphatic rings. The highest BCUT2D eigenvalue weighted by Crippen LogP contribution is 2.28. The lowest BCUT2D eigenvalue weighted by Gasteiger charge is -2.37. The SMILES string of the molecule is C[N+](C)(C(=O)c1ccccc1)C1CCCCC1.C[N+](C)(C(=O)c1ccccc1)C1CCCCC1.O=C([O-])/C=C\C(=O)[O-]. The van der Waals surface area contributed by atoms with Gasteiger partial charge in [-0.3, -0.25) is 8.97 Å². The Morgan fingerprint density at radius 2 is 0.833 bits per heavy atom. The minimum absolute atomic E-state index is 0.248. The highest BCUT2D eigenvalue weighted by molar-refractivity contribution is 5.89. The minimum Gasteiger partial charge on any atom is -0.545 e. The molecule has 0 unspecified atom stereocenters. The number of aliphatic carboxylic acids is 2. The number of carboxylic acids is 2. The molecule has 0 spiro atoms. The number of quaternary nitrogens is 2. The molecule has 0 aromatic heterocycles. The molecule has 0 atom stereocenters. The van der Waals surface area contributed by atoms with Crippen LogP contribution in [0.4, 0.5) is 0 Å². The molecule has 2 aromatic rings. The second-order valence-corrected chi connectivity index (χ2v) is 12.0. The summed E-state index contributed by atoms with van der Waals surface area (Å²) in [5.41, 5.74) is 1.67. The van der Waals surface area contributed by atoms with E-state index >= 15 is 0 Å². The number of hydrogen-bond acceptors (Lipinski definition) is 6. The second-order valence-electron chi connectivity index (χ2n) is 12.0. The van der Waals surface area contributed by atoms with Crippen molar-refractivity contribution < 1.29 is 38.4 Å². The van der Waals surface area contributed by atoms with E-state index in [0.717, 1.165) is 11.1 Å². The molecule has 2 aliphatic carbocycles. The number of amides is 2. The van der Waals surface area contributed by atoms with E-state index in [1.165, 1.54) is 64.2 Å². The Labute approximate surface area is 250 Å². The third kappa shape index (κ3) is 10.7. The highest BCUT2D eigenvalue weighted by Gasteiger charge is 2.38. The van der Waals surface area contributed by atoms with Crippen LogP contribution in [-0.4, -0.2) is 73.0 Å². The maximum atomic E-state index is 12.5. The molecule has 0 bridgehead atoms. The molecule has 2 saturated carbocycles. The zero-order valence-corrected chi connectivity index (χ0v) is 25.5. The fraction of sp³-hybridized carbons (Fsp3) is 0.471. The largest absolute Gasteiger partial charge is 0.545 e. The summed E-state index contributed by atoms with van der Waals surface area (Å²) < 4.78 is 1.01. The topological polar surface area (TPSA) is 114 Å². The summed E-state index contributed by atoms with van der Waals surface area (Å²) in [6, 6.07) is 20.3. The van der Waals surface area contributed by atoms with Gasteiger partial charge >= 0.3 is 11.8 Å². The molecule has 2 amide bonds. The lowest BCUT2D eigenvalue weighted by molar-refractivity contribution is -0.836. The smallest absolute Gasteiger partial charge is 0.345 e. The summed E-state index contributed by atoms with van der Waals surface area (Å²) in [6.07, 6.45) is 13.3. The summed E-state index contributed by atoms with van der Waals surface area (Å²) in [4.78, 5) is 43.9. The predicted molar refractivity (Wildman–Crippen MR) is 159 cm³/mol. The van der Waals surface area contributed by atoms with Crippen molar-refractivity contribution in [3.8, 4) is 0 Å². The predicted octanol–water partition coefficient (Wildman–Crippen LogP) is 3.51. The third-order valence-electron chi connectivity index (χ3n) is 8.42. The van der Waals surface area contributed by atoms with Gasteiger partial charge in [-0.25, -0.2) is 9.59 Å². The van der Waals surface area contributed by atoms with Gasteiger partial charge in [0.25, 0.3) is 0 Å². The molecule has 0 N–H and O–H groups in total. The van der Waals surface area contributed by atoms with Crippen molar-refractivity contribution in [2.45, 2.75) is 76.3 Å². The fourth-order valence-corrected chi connectivity index (χ4v) is 5.75. The van der Waals surface area contributed by atoms with Crippen LogP contribution in [0.3, 0.4) is 0 Å². The Morgan fingerprint density at radius 3 is 1.10 bits per heavy atom. The van der Waals surface area contributed by atoms with Gasteiger partial charge in [0.05, 0.1) is 63.3 Å². The summed E-state index contributed by atoms with van der Waals surface area (Å²) in [7, 11) is 8.24. The van der Waals surface area contributed by atoms with Gasteiger partial charge in [-0.15, -0.1) is 0 Å². The van der Waals surface area contributed by atoms with Gasteiger partial charge in [-0.1, -0.05) is 49.2 Å². The number of rotatable bonds is 6. The lowest BCUT2D eigenvalue weighted by atomic mass is 9.92. The first-order valence-electron chi connectivity index (χ1n) is 14.8. The summed E-state index contributed by atoms with van der Waals surface area (Å²) >= 11 is 0. The number of benzene rings is 2. The van der Waals surface area contributed by atoms with E-state index in [4.69, 9.17) is 0 Å². The molecule has 42 heavy (non-hydrogen) atoms. The van der Waals surface area contributed by atoms with Crippen LogP contribution in [0.25, 0.3) is 0 Å². The van der Waals surface area contributed by atoms with Crippen molar-refractivity contribution >= 4 is 23.8 Å². The van der Waals surface area contributed by atoms with Gasteiger partial charge < -0.3 is 19.8 Å². The quantitative estimate of drug-likeness (QED) is 0.383. The number of nitrogens with zero attached hydrogens (tertiary/aromatic N) is 2. The Balaban J connectivity index is 0.000000236. The molecule has 4 rings (SSSR count). The molecule has 0 heterocycles. The summed E-state index contributed by atoms with van der Waals surface area (Å²) in [5, 5.41) is 18.8. The Bertz CT molecular complexity index is 1090. The summed E-state index contributed by atoms with van der Waals surface area (Å²) in [5.74, 6) is -2.60. The van der Waals surface area contributed by atoms with Gasteiger partial charge in [0.1, 0.15) is 0 Å². The Hall–Kier alpha value is -3.62. The molecular formula is C34H46N2O6. The average molecular weight is 579 g/mol. The normalized spacial score (nSPS) is 16.4. The second kappa shape index (κ2) is 16.7. The van der Waals surface area contributed by atoms with Crippen molar-refractivity contribution in [1.82, 2.24) is 0 Å². The number of carbonyl (C=O) groups is 4. The number of hydrogen-bond donors (Lipinski definition) is 0. The monoisotopic (exact) mass is 578 g/mol. The number of carbonyl (C=O) groups excluding carboxylic acids is 4. The van der Waals surface area contributed by atoms with Gasteiger partial charge in [0.15, 0.2) is 0 Å². The molecule has 228 valence electrons. The number of carboxylic acid groups (broad SMARTS) is 2. The minimum atomic E-state index is -1.55. The van der Waals surface area contributed by atoms with Gasteiger partial charge in [-0.05, 0) is 87.8 Å². The van der Waals surface area contributed by atoms with Crippen molar-refractivity contribution in [1.29, 1.82) is 0 Å². The molecule has 2 aromatic carbocycles. The van der Waals surface area contributed by atoms with Crippen molar-refractivity contribution in [3.63, 3.8) is 0 Å². The Kier molecular flexibility index (Phi) is 13.8. The van der Waals surface area contributed by atoms with Gasteiger partial charge in [-0.2, -0.15) is 0 Å². The maximum absolute atomic E-state index is 12.5. The van der Waals surface area contributed by atoms with Crippen LogP contribution < -0.4 is 10.2 Å². The lowest BCUT2D eigenvalue weighted by Crippen LogP contribution is -2.53. The van der Waals surface area contributed by atoms with Gasteiger partial charge in [0.2, 0.25) is 0 Å². The van der Waals surface area contributed by atoms with E-state index in [0.29, 0.717) is 33.2 Å². The van der Waals surface area contributed by atoms with Crippen LogP contribution in [0.1, 0.15) is 84.9 Å². The van der Waals surface area contributed by atoms with Crippen LogP contribution >= 0.6 is 0 Å². The fourth-order valence-electron chi connectivity index (χ4n) is 5.75. The van der Waals surface area contributed by atoms with Crippen LogP contribution in [0.5, 0.6) is 0 Å². The van der Waals surface area contributed by atoms with Crippen molar-refractivity contribution in [3.05, 3.63) is 83.9 Å². The summed E-state index contributed by atoms with van der Waals surface area (Å²) in [6.45, 7) is 0. The standard InChI is InChI=1S/2C15H22NO.C4H4O4/c2*1-16(2,14-11-7-4-8-12-14)15(17)13-9-5-3-6-10-13;5-3(6)1-2-4(7)8/h2*3,5-6,9-10,14H,4,7-8,11-12H2,1-2H3;1-2H,(H,5,6)(H,7,8)/q2*+1;/p-2/b;;2-1-. The first kappa shape index (κ1) is 34.6. The van der Waals surface area contributed by atoms with Crippen LogP contribution in [0, 0.1) is 0 Å². The third-order valence-corrected chi connectivity index (χ3v) is 8.42. The first-order valence-corrected chi connectivity index (χ1v) is 14.8. The average Bonchev–Trinajstić information content (AvgIpc) is 3.01. The van der Waals surface area contributed by atoms with E-state index in [1.54, 1.807) is 0 Å². The molecular weight excluding hydrogens is 532 g/mol. The molecule has 8 heteroatoms. The highest BCUT2D eigenvalue weighted by atomic mass is 16.4. The van der Waals surface area contributed by atoms with E-state index < -0.39 is 11.9 Å². The van der Waals surface area contributed by atoms with E-state index in [2.05, 4.69) is 28.2 Å². The molecule has 2 fully saturated rings. The molecule has 0 radical (unpaired) electrons. The van der Waals surface area contributed by atoms with Crippen LogP contribution in [0.15, 0.2) is 72.8 Å². The van der Waals surface area contributed by atoms with Crippen molar-refractivity contribution in [2.75, 3.05) is 28.2 Å². The maximum Gasteiger partial charge on any atom is 0.345 e. The van der Waals surface area contributed by atoms with Crippen LogP contribution in [0.2, 0.25) is 0 Å². The van der Waals surface area contributed by atoms with Gasteiger partial charge in [0, 0.05) is 0 Å². The zero-order valence-electron chi connectivity index (χ0n) is 25.5. The molecule has 0 saturated heterocycles. The Morgan fingerprint density at radius 1 is 0.548 bits per heavy atom. The molecule has 8 nitrogen and oxygen atoms in total. The molecule has 0 aliphatic heterocycles. The van der Waals surface area contributed by atoms with Crippen molar-refractivity contribution in [2.24, 2.45) is 0 Å². The van der Waals surface area contributed by atoms with E-state index in [9.17, 15) is 29.4 Å². The van der Waals surface area contributed by atoms with Crippen LogP contribution in [-0.2, 0) is 9.59 Å². The zero-order chi connectivity index (χ0) is 31.2. The first-order chi connectivity index (χ1) is 19.9.